The van der Waals surface area contributed by atoms with Crippen LogP contribution in [0.25, 0.3) is 0 Å². The number of rotatable bonds is 6. The molecule has 1 atom stereocenters. The number of carbonyl (C=O) groups is 4. The van der Waals surface area contributed by atoms with Crippen molar-refractivity contribution in [2.75, 3.05) is 11.9 Å². The van der Waals surface area contributed by atoms with Gasteiger partial charge in [0.15, 0.2) is 6.61 Å². The van der Waals surface area contributed by atoms with Crippen LogP contribution in [0.3, 0.4) is 0 Å². The minimum Gasteiger partial charge on any atom is -0.454 e. The summed E-state index contributed by atoms with van der Waals surface area (Å²) < 4.78 is 18.2. The number of benzene rings is 2. The number of hydrogen-bond acceptors (Lipinski definition) is 5. The fourth-order valence-electron chi connectivity index (χ4n) is 3.12. The first kappa shape index (κ1) is 20.2. The third-order valence-electron chi connectivity index (χ3n) is 4.43. The van der Waals surface area contributed by atoms with E-state index in [0.29, 0.717) is 0 Å². The molecule has 0 aromatic heterocycles. The number of ether oxygens (including phenoxy) is 1. The zero-order valence-electron chi connectivity index (χ0n) is 15.8. The van der Waals surface area contributed by atoms with E-state index in [-0.39, 0.29) is 16.8 Å². The van der Waals surface area contributed by atoms with E-state index in [0.717, 1.165) is 11.0 Å². The van der Waals surface area contributed by atoms with E-state index >= 15 is 0 Å². The summed E-state index contributed by atoms with van der Waals surface area (Å²) in [7, 11) is 0. The Bertz CT molecular complexity index is 954. The highest BCUT2D eigenvalue weighted by atomic mass is 19.1. The van der Waals surface area contributed by atoms with Crippen molar-refractivity contribution in [1.29, 1.82) is 0 Å². The highest BCUT2D eigenvalue weighted by Gasteiger charge is 2.44. The molecule has 1 N–H and O–H groups in total. The first-order valence-corrected chi connectivity index (χ1v) is 8.98. The van der Waals surface area contributed by atoms with E-state index in [4.69, 9.17) is 4.74 Å². The second-order valence-electron chi connectivity index (χ2n) is 6.88. The topological polar surface area (TPSA) is 92.8 Å². The van der Waals surface area contributed by atoms with Crippen molar-refractivity contribution in [1.82, 2.24) is 4.90 Å². The van der Waals surface area contributed by atoms with Crippen molar-refractivity contribution in [2.24, 2.45) is 5.92 Å². The van der Waals surface area contributed by atoms with Gasteiger partial charge in [-0.05, 0) is 36.2 Å². The summed E-state index contributed by atoms with van der Waals surface area (Å²) in [5.41, 5.74) is 0.659. The predicted molar refractivity (Wildman–Crippen MR) is 102 cm³/mol. The van der Waals surface area contributed by atoms with Gasteiger partial charge in [-0.3, -0.25) is 19.3 Å². The first-order chi connectivity index (χ1) is 13.8. The number of fused-ring (bicyclic) bond motifs is 1. The van der Waals surface area contributed by atoms with Crippen LogP contribution in [0.4, 0.5) is 10.1 Å². The monoisotopic (exact) mass is 398 g/mol. The lowest BCUT2D eigenvalue weighted by molar-refractivity contribution is -0.152. The lowest BCUT2D eigenvalue weighted by Crippen LogP contribution is -2.49. The highest BCUT2D eigenvalue weighted by Crippen LogP contribution is 2.27. The number of imide groups is 1. The molecule has 0 unspecified atom stereocenters. The fraction of sp³-hybridized carbons (Fsp3) is 0.238. The average Bonchev–Trinajstić information content (AvgIpc) is 2.92. The number of amides is 3. The van der Waals surface area contributed by atoms with Crippen LogP contribution in [0.1, 0.15) is 34.6 Å². The Hall–Kier alpha value is -3.55. The lowest BCUT2D eigenvalue weighted by Gasteiger charge is -2.27. The minimum absolute atomic E-state index is 0.215. The fourth-order valence-corrected chi connectivity index (χ4v) is 3.12. The van der Waals surface area contributed by atoms with Gasteiger partial charge in [-0.15, -0.1) is 0 Å². The van der Waals surface area contributed by atoms with E-state index < -0.39 is 48.1 Å². The van der Waals surface area contributed by atoms with Gasteiger partial charge in [0.05, 0.1) is 11.1 Å². The Kier molecular flexibility index (Phi) is 5.72. The van der Waals surface area contributed by atoms with Crippen molar-refractivity contribution in [3.8, 4) is 0 Å². The lowest BCUT2D eigenvalue weighted by atomic mass is 10.0. The first-order valence-electron chi connectivity index (χ1n) is 8.98. The van der Waals surface area contributed by atoms with Crippen molar-refractivity contribution < 1.29 is 28.3 Å². The molecule has 8 heteroatoms. The molecule has 1 heterocycles. The highest BCUT2D eigenvalue weighted by molar-refractivity contribution is 6.22. The summed E-state index contributed by atoms with van der Waals surface area (Å²) in [5, 5.41) is 2.40. The summed E-state index contributed by atoms with van der Waals surface area (Å²) >= 11 is 0. The molecular formula is C21H19FN2O5. The normalized spacial score (nSPS) is 14.0. The third-order valence-corrected chi connectivity index (χ3v) is 4.43. The second-order valence-corrected chi connectivity index (χ2v) is 6.88. The van der Waals surface area contributed by atoms with Crippen molar-refractivity contribution >= 4 is 29.4 Å². The second kappa shape index (κ2) is 8.22. The van der Waals surface area contributed by atoms with Crippen LogP contribution in [0.15, 0.2) is 48.5 Å². The van der Waals surface area contributed by atoms with Crippen LogP contribution >= 0.6 is 0 Å². The number of hydrogen-bond donors (Lipinski definition) is 1. The van der Waals surface area contributed by atoms with E-state index in [1.54, 1.807) is 26.0 Å². The molecule has 2 aromatic rings. The van der Waals surface area contributed by atoms with Crippen LogP contribution in [0, 0.1) is 11.7 Å². The molecule has 0 fully saturated rings. The van der Waals surface area contributed by atoms with Crippen molar-refractivity contribution in [3.63, 3.8) is 0 Å². The molecule has 0 saturated heterocycles. The quantitative estimate of drug-likeness (QED) is 0.597. The van der Waals surface area contributed by atoms with Gasteiger partial charge in [0, 0.05) is 5.69 Å². The molecule has 1 aliphatic rings. The molecule has 7 nitrogen and oxygen atoms in total. The van der Waals surface area contributed by atoms with Crippen LogP contribution in [0.2, 0.25) is 0 Å². The molecule has 0 aliphatic carbocycles. The van der Waals surface area contributed by atoms with E-state index in [1.165, 1.54) is 30.3 Å². The zero-order valence-corrected chi connectivity index (χ0v) is 15.8. The van der Waals surface area contributed by atoms with Gasteiger partial charge in [0.25, 0.3) is 17.7 Å². The van der Waals surface area contributed by atoms with Gasteiger partial charge < -0.3 is 10.1 Å². The number of nitrogens with zero attached hydrogens (tertiary/aromatic N) is 1. The van der Waals surface area contributed by atoms with Crippen LogP contribution in [0.5, 0.6) is 0 Å². The molecule has 0 saturated carbocycles. The molecule has 150 valence electrons. The standard InChI is InChI=1S/C21H19FN2O5/c1-12(2)18(24-19(26)15-8-3-4-9-16(15)20(24)27)21(28)29-11-17(25)23-14-7-5-6-13(22)10-14/h3-10,12,18H,11H2,1-2H3,(H,23,25)/t18-/m0/s1. The Morgan fingerprint density at radius 2 is 1.66 bits per heavy atom. The smallest absolute Gasteiger partial charge is 0.330 e. The Balaban J connectivity index is 1.68. The zero-order chi connectivity index (χ0) is 21.1. The maximum Gasteiger partial charge on any atom is 0.330 e. The van der Waals surface area contributed by atoms with Gasteiger partial charge in [0.1, 0.15) is 11.9 Å². The molecule has 0 radical (unpaired) electrons. The maximum atomic E-state index is 13.2. The number of carbonyl (C=O) groups excluding carboxylic acids is 4. The summed E-state index contributed by atoms with van der Waals surface area (Å²) in [4.78, 5) is 50.8. The Morgan fingerprint density at radius 3 is 2.21 bits per heavy atom. The minimum atomic E-state index is -1.18. The molecule has 1 aliphatic heterocycles. The van der Waals surface area contributed by atoms with E-state index in [9.17, 15) is 23.6 Å². The Morgan fingerprint density at radius 1 is 1.03 bits per heavy atom. The van der Waals surface area contributed by atoms with Crippen molar-refractivity contribution in [2.45, 2.75) is 19.9 Å². The summed E-state index contributed by atoms with van der Waals surface area (Å²) in [6.07, 6.45) is 0. The van der Waals surface area contributed by atoms with Crippen LogP contribution in [-0.4, -0.2) is 41.2 Å². The number of halogens is 1. The molecule has 3 amide bonds. The summed E-state index contributed by atoms with van der Waals surface area (Å²) in [5.74, 6) is -3.66. The van der Waals surface area contributed by atoms with Gasteiger partial charge in [-0.2, -0.15) is 0 Å². The molecule has 2 aromatic carbocycles. The van der Waals surface area contributed by atoms with E-state index in [1.807, 2.05) is 0 Å². The van der Waals surface area contributed by atoms with Gasteiger partial charge in [-0.1, -0.05) is 32.0 Å². The van der Waals surface area contributed by atoms with E-state index in [2.05, 4.69) is 5.32 Å². The van der Waals surface area contributed by atoms with Crippen LogP contribution in [-0.2, 0) is 14.3 Å². The summed E-state index contributed by atoms with van der Waals surface area (Å²) in [6, 6.07) is 10.4. The molecule has 0 spiro atoms. The summed E-state index contributed by atoms with van der Waals surface area (Å²) in [6.45, 7) is 2.70. The predicted octanol–water partition coefficient (Wildman–Crippen LogP) is 2.63. The largest absolute Gasteiger partial charge is 0.454 e. The third kappa shape index (κ3) is 4.16. The molecule has 0 bridgehead atoms. The van der Waals surface area contributed by atoms with Gasteiger partial charge >= 0.3 is 5.97 Å². The SMILES string of the molecule is CC(C)[C@@H](C(=O)OCC(=O)Nc1cccc(F)c1)N1C(=O)c2ccccc2C1=O. The molecular weight excluding hydrogens is 379 g/mol. The maximum absolute atomic E-state index is 13.2. The average molecular weight is 398 g/mol. The molecule has 29 heavy (non-hydrogen) atoms. The Labute approximate surface area is 166 Å². The van der Waals surface area contributed by atoms with Gasteiger partial charge in [-0.25, -0.2) is 9.18 Å². The number of nitrogens with one attached hydrogen (secondary N) is 1. The molecule has 3 rings (SSSR count). The van der Waals surface area contributed by atoms with Gasteiger partial charge in [0.2, 0.25) is 0 Å². The number of esters is 1. The van der Waals surface area contributed by atoms with Crippen LogP contribution < -0.4 is 5.32 Å². The number of anilines is 1. The van der Waals surface area contributed by atoms with Crippen molar-refractivity contribution in [3.05, 3.63) is 65.5 Å².